The molecule has 0 saturated carbocycles. The van der Waals surface area contributed by atoms with Gasteiger partial charge in [0.1, 0.15) is 5.54 Å². The number of hydrogen-bond donors (Lipinski definition) is 3. The first-order valence-electron chi connectivity index (χ1n) is 7.72. The normalized spacial score (nSPS) is 16.7. The van der Waals surface area contributed by atoms with Gasteiger partial charge in [-0.2, -0.15) is 0 Å². The highest BCUT2D eigenvalue weighted by Crippen LogP contribution is 2.24. The van der Waals surface area contributed by atoms with Gasteiger partial charge in [0.2, 0.25) is 5.91 Å². The number of benzene rings is 1. The minimum atomic E-state index is -0.929. The number of amides is 2. The van der Waals surface area contributed by atoms with E-state index in [9.17, 15) is 9.59 Å². The predicted molar refractivity (Wildman–Crippen MR) is 89.7 cm³/mol. The summed E-state index contributed by atoms with van der Waals surface area (Å²) in [6, 6.07) is 4.80. The van der Waals surface area contributed by atoms with E-state index in [2.05, 4.69) is 10.6 Å². The van der Waals surface area contributed by atoms with E-state index in [1.165, 1.54) is 0 Å². The van der Waals surface area contributed by atoms with Gasteiger partial charge in [-0.1, -0.05) is 18.5 Å². The second-order valence-corrected chi connectivity index (χ2v) is 6.08. The van der Waals surface area contributed by atoms with Crippen LogP contribution in [0.1, 0.15) is 36.5 Å². The summed E-state index contributed by atoms with van der Waals surface area (Å²) in [7, 11) is 0. The Labute approximate surface area is 140 Å². The second-order valence-electron chi connectivity index (χ2n) is 5.67. The van der Waals surface area contributed by atoms with Crippen LogP contribution in [0, 0.1) is 0 Å². The molecule has 1 aromatic rings. The third-order valence-electron chi connectivity index (χ3n) is 3.84. The monoisotopic (exact) mass is 339 g/mol. The number of rotatable bonds is 5. The van der Waals surface area contributed by atoms with Crippen LogP contribution in [0.4, 0.5) is 5.69 Å². The molecule has 6 nitrogen and oxygen atoms in total. The number of nitrogens with one attached hydrogen (secondary N) is 2. The maximum atomic E-state index is 12.3. The van der Waals surface area contributed by atoms with Crippen LogP contribution in [-0.2, 0) is 9.53 Å². The molecule has 1 aliphatic heterocycles. The zero-order valence-electron chi connectivity index (χ0n) is 13.2. The number of hydrogen-bond acceptors (Lipinski definition) is 4. The van der Waals surface area contributed by atoms with Crippen molar-refractivity contribution in [1.82, 2.24) is 5.32 Å². The number of nitrogens with two attached hydrogens (primary N) is 1. The maximum absolute atomic E-state index is 12.3. The smallest absolute Gasteiger partial charge is 0.252 e. The van der Waals surface area contributed by atoms with E-state index in [4.69, 9.17) is 22.1 Å². The Hall–Kier alpha value is -1.63. The van der Waals surface area contributed by atoms with Crippen molar-refractivity contribution in [2.45, 2.75) is 31.7 Å². The zero-order valence-corrected chi connectivity index (χ0v) is 13.9. The van der Waals surface area contributed by atoms with E-state index < -0.39 is 5.54 Å². The summed E-state index contributed by atoms with van der Waals surface area (Å²) in [6.07, 6.45) is 1.80. The van der Waals surface area contributed by atoms with Gasteiger partial charge in [-0.05, 0) is 37.5 Å². The highest BCUT2D eigenvalue weighted by atomic mass is 35.5. The second kappa shape index (κ2) is 7.77. The molecule has 0 bridgehead atoms. The van der Waals surface area contributed by atoms with Crippen molar-refractivity contribution in [3.05, 3.63) is 28.8 Å². The summed E-state index contributed by atoms with van der Waals surface area (Å²) in [5.74, 6) is -0.491. The van der Waals surface area contributed by atoms with Crippen LogP contribution in [0.5, 0.6) is 0 Å². The molecular weight excluding hydrogens is 318 g/mol. The van der Waals surface area contributed by atoms with Gasteiger partial charge in [-0.25, -0.2) is 0 Å². The Morgan fingerprint density at radius 3 is 2.65 bits per heavy atom. The first-order chi connectivity index (χ1) is 11.0. The van der Waals surface area contributed by atoms with Crippen LogP contribution >= 0.6 is 11.6 Å². The number of anilines is 1. The molecule has 1 saturated heterocycles. The van der Waals surface area contributed by atoms with Crippen LogP contribution in [0.25, 0.3) is 0 Å². The molecule has 126 valence electrons. The van der Waals surface area contributed by atoms with Gasteiger partial charge in [-0.15, -0.1) is 0 Å². The molecule has 0 unspecified atom stereocenters. The molecule has 1 fully saturated rings. The Kier molecular flexibility index (Phi) is 5.98. The molecule has 4 N–H and O–H groups in total. The minimum absolute atomic E-state index is 0.227. The van der Waals surface area contributed by atoms with Crippen LogP contribution in [0.3, 0.4) is 0 Å². The zero-order chi connectivity index (χ0) is 16.9. The average molecular weight is 340 g/mol. The van der Waals surface area contributed by atoms with Crippen LogP contribution in [0.15, 0.2) is 18.2 Å². The number of carbonyl (C=O) groups excluding carboxylic acids is 2. The summed E-state index contributed by atoms with van der Waals surface area (Å²) in [6.45, 7) is 3.51. The molecule has 7 heteroatoms. The van der Waals surface area contributed by atoms with E-state index in [1.54, 1.807) is 18.2 Å². The molecule has 0 spiro atoms. The highest BCUT2D eigenvalue weighted by molar-refractivity contribution is 6.34. The van der Waals surface area contributed by atoms with Gasteiger partial charge in [0.05, 0.1) is 10.6 Å². The molecule has 0 aliphatic carbocycles. The molecule has 0 aromatic heterocycles. The molecule has 1 aliphatic rings. The minimum Gasteiger partial charge on any atom is -0.381 e. The summed E-state index contributed by atoms with van der Waals surface area (Å²) in [5, 5.41) is 5.82. The SMILES string of the molecule is CCCNC(=O)c1ccc(NC(=O)C2(N)CCOCC2)cc1Cl. The third kappa shape index (κ3) is 4.43. The highest BCUT2D eigenvalue weighted by Gasteiger charge is 2.35. The first-order valence-corrected chi connectivity index (χ1v) is 8.10. The van der Waals surface area contributed by atoms with Crippen LogP contribution in [-0.4, -0.2) is 37.1 Å². The van der Waals surface area contributed by atoms with Gasteiger partial charge < -0.3 is 21.1 Å². The lowest BCUT2D eigenvalue weighted by Gasteiger charge is -2.31. The lowest BCUT2D eigenvalue weighted by atomic mass is 9.90. The topological polar surface area (TPSA) is 93.5 Å². The lowest BCUT2D eigenvalue weighted by molar-refractivity contribution is -0.124. The Bertz CT molecular complexity index is 586. The van der Waals surface area contributed by atoms with Crippen molar-refractivity contribution >= 4 is 29.1 Å². The van der Waals surface area contributed by atoms with Crippen LogP contribution < -0.4 is 16.4 Å². The summed E-state index contributed by atoms with van der Waals surface area (Å²) in [4.78, 5) is 24.3. The number of ether oxygens (including phenoxy) is 1. The van der Waals surface area contributed by atoms with E-state index >= 15 is 0 Å². The average Bonchev–Trinajstić information content (AvgIpc) is 2.53. The molecule has 1 aromatic carbocycles. The maximum Gasteiger partial charge on any atom is 0.252 e. The van der Waals surface area contributed by atoms with E-state index in [-0.39, 0.29) is 16.8 Å². The third-order valence-corrected chi connectivity index (χ3v) is 4.16. The Morgan fingerprint density at radius 2 is 2.04 bits per heavy atom. The number of carbonyl (C=O) groups is 2. The van der Waals surface area contributed by atoms with E-state index in [0.29, 0.717) is 43.9 Å². The summed E-state index contributed by atoms with van der Waals surface area (Å²) >= 11 is 6.14. The molecule has 2 amide bonds. The van der Waals surface area contributed by atoms with E-state index in [1.807, 2.05) is 6.92 Å². The summed E-state index contributed by atoms with van der Waals surface area (Å²) in [5.41, 5.74) is 6.10. The lowest BCUT2D eigenvalue weighted by Crippen LogP contribution is -2.54. The predicted octanol–water partition coefficient (Wildman–Crippen LogP) is 1.93. The first kappa shape index (κ1) is 17.7. The van der Waals surface area contributed by atoms with Crippen LogP contribution in [0.2, 0.25) is 5.02 Å². The van der Waals surface area contributed by atoms with Crippen molar-refractivity contribution in [2.24, 2.45) is 5.73 Å². The molecule has 1 heterocycles. The van der Waals surface area contributed by atoms with Gasteiger partial charge in [0.15, 0.2) is 0 Å². The molecule has 0 atom stereocenters. The fraction of sp³-hybridized carbons (Fsp3) is 0.500. The van der Waals surface area contributed by atoms with Gasteiger partial charge >= 0.3 is 0 Å². The van der Waals surface area contributed by atoms with Gasteiger partial charge in [0.25, 0.3) is 5.91 Å². The van der Waals surface area contributed by atoms with Gasteiger partial charge in [0, 0.05) is 25.4 Å². The quantitative estimate of drug-likeness (QED) is 0.764. The van der Waals surface area contributed by atoms with Crippen molar-refractivity contribution in [3.63, 3.8) is 0 Å². The fourth-order valence-corrected chi connectivity index (χ4v) is 2.60. The van der Waals surface area contributed by atoms with Crippen molar-refractivity contribution < 1.29 is 14.3 Å². The largest absolute Gasteiger partial charge is 0.381 e. The molecule has 0 radical (unpaired) electrons. The summed E-state index contributed by atoms with van der Waals surface area (Å²) < 4.78 is 5.23. The number of halogens is 1. The van der Waals surface area contributed by atoms with Gasteiger partial charge in [-0.3, -0.25) is 9.59 Å². The Balaban J connectivity index is 2.05. The van der Waals surface area contributed by atoms with Crippen molar-refractivity contribution in [1.29, 1.82) is 0 Å². The van der Waals surface area contributed by atoms with E-state index in [0.717, 1.165) is 6.42 Å². The molecule has 23 heavy (non-hydrogen) atoms. The fourth-order valence-electron chi connectivity index (χ4n) is 2.33. The standard InChI is InChI=1S/C16H22ClN3O3/c1-2-7-19-14(21)12-4-3-11(10-13(12)17)20-15(22)16(18)5-8-23-9-6-16/h3-4,10H,2,5-9,18H2,1H3,(H,19,21)(H,20,22). The van der Waals surface area contributed by atoms with Crippen molar-refractivity contribution in [3.8, 4) is 0 Å². The molecular formula is C16H22ClN3O3. The Morgan fingerprint density at radius 1 is 1.35 bits per heavy atom. The van der Waals surface area contributed by atoms with Crippen molar-refractivity contribution in [2.75, 3.05) is 25.1 Å². The molecule has 2 rings (SSSR count).